The highest BCUT2D eigenvalue weighted by atomic mass is 16.5. The molecule has 0 saturated heterocycles. The SMILES string of the molecule is COC(=O)C[C@@H]1C[C@H]1c1ccc(C)nc1. The average molecular weight is 205 g/mol. The summed E-state index contributed by atoms with van der Waals surface area (Å²) in [6.07, 6.45) is 3.53. The van der Waals surface area contributed by atoms with Crippen molar-refractivity contribution in [1.29, 1.82) is 0 Å². The number of pyridine rings is 1. The molecule has 1 aromatic rings. The van der Waals surface area contributed by atoms with Gasteiger partial charge in [0.15, 0.2) is 0 Å². The molecule has 15 heavy (non-hydrogen) atoms. The lowest BCUT2D eigenvalue weighted by Crippen LogP contribution is -2.01. The van der Waals surface area contributed by atoms with E-state index in [2.05, 4.69) is 15.8 Å². The molecule has 80 valence electrons. The summed E-state index contributed by atoms with van der Waals surface area (Å²) in [5, 5.41) is 0. The topological polar surface area (TPSA) is 39.2 Å². The second-order valence-corrected chi connectivity index (χ2v) is 4.12. The van der Waals surface area contributed by atoms with Gasteiger partial charge in [-0.15, -0.1) is 0 Å². The summed E-state index contributed by atoms with van der Waals surface area (Å²) in [4.78, 5) is 15.3. The lowest BCUT2D eigenvalue weighted by Gasteiger charge is -2.00. The normalized spacial score (nSPS) is 23.6. The molecule has 2 atom stereocenters. The summed E-state index contributed by atoms with van der Waals surface area (Å²) in [5.74, 6) is 0.863. The Bertz CT molecular complexity index is 358. The Morgan fingerprint density at radius 2 is 2.40 bits per heavy atom. The first-order chi connectivity index (χ1) is 7.20. The maximum absolute atomic E-state index is 11.1. The van der Waals surface area contributed by atoms with Crippen LogP contribution in [0.4, 0.5) is 0 Å². The van der Waals surface area contributed by atoms with Crippen LogP contribution in [0.25, 0.3) is 0 Å². The van der Waals surface area contributed by atoms with Crippen LogP contribution in [-0.4, -0.2) is 18.1 Å². The summed E-state index contributed by atoms with van der Waals surface area (Å²) in [7, 11) is 1.44. The van der Waals surface area contributed by atoms with E-state index < -0.39 is 0 Å². The van der Waals surface area contributed by atoms with Gasteiger partial charge in [0.2, 0.25) is 0 Å². The van der Waals surface area contributed by atoms with Crippen molar-refractivity contribution in [3.63, 3.8) is 0 Å². The lowest BCUT2D eigenvalue weighted by atomic mass is 10.1. The van der Waals surface area contributed by atoms with Crippen molar-refractivity contribution >= 4 is 5.97 Å². The highest BCUT2D eigenvalue weighted by Gasteiger charge is 2.39. The summed E-state index contributed by atoms with van der Waals surface area (Å²) < 4.78 is 4.65. The number of carbonyl (C=O) groups is 1. The monoisotopic (exact) mass is 205 g/mol. The molecule has 0 spiro atoms. The summed E-state index contributed by atoms with van der Waals surface area (Å²) >= 11 is 0. The maximum Gasteiger partial charge on any atom is 0.305 e. The van der Waals surface area contributed by atoms with Crippen LogP contribution < -0.4 is 0 Å². The van der Waals surface area contributed by atoms with Crippen molar-refractivity contribution < 1.29 is 9.53 Å². The Balaban J connectivity index is 1.93. The number of methoxy groups -OCH3 is 1. The highest BCUT2D eigenvalue weighted by Crippen LogP contribution is 2.49. The Labute approximate surface area is 89.5 Å². The third-order valence-electron chi connectivity index (χ3n) is 2.94. The zero-order chi connectivity index (χ0) is 10.8. The van der Waals surface area contributed by atoms with E-state index >= 15 is 0 Å². The Morgan fingerprint density at radius 3 is 3.00 bits per heavy atom. The average Bonchev–Trinajstić information content (AvgIpc) is 2.98. The van der Waals surface area contributed by atoms with Crippen molar-refractivity contribution in [1.82, 2.24) is 4.98 Å². The van der Waals surface area contributed by atoms with Crippen LogP contribution in [0.15, 0.2) is 18.3 Å². The molecule has 3 heteroatoms. The fourth-order valence-corrected chi connectivity index (χ4v) is 1.88. The molecule has 1 aromatic heterocycles. The van der Waals surface area contributed by atoms with Gasteiger partial charge >= 0.3 is 5.97 Å². The standard InChI is InChI=1S/C12H15NO2/c1-8-3-4-9(7-13-8)11-5-10(11)6-12(14)15-2/h3-4,7,10-11H,5-6H2,1-2H3/t10-,11-/m0/s1. The van der Waals surface area contributed by atoms with Gasteiger partial charge in [-0.05, 0) is 36.8 Å². The Kier molecular flexibility index (Phi) is 2.71. The van der Waals surface area contributed by atoms with Gasteiger partial charge in [-0.2, -0.15) is 0 Å². The van der Waals surface area contributed by atoms with E-state index in [1.165, 1.54) is 12.7 Å². The molecule has 0 aliphatic heterocycles. The Hall–Kier alpha value is -1.38. The van der Waals surface area contributed by atoms with Crippen molar-refractivity contribution in [3.05, 3.63) is 29.6 Å². The molecule has 2 rings (SSSR count). The molecule has 0 amide bonds. The molecular formula is C12H15NO2. The largest absolute Gasteiger partial charge is 0.469 e. The number of hydrogen-bond donors (Lipinski definition) is 0. The molecule has 0 aromatic carbocycles. The summed E-state index contributed by atoms with van der Waals surface area (Å²) in [6.45, 7) is 1.97. The van der Waals surface area contributed by atoms with Gasteiger partial charge in [0.1, 0.15) is 0 Å². The van der Waals surface area contributed by atoms with Gasteiger partial charge in [0, 0.05) is 18.3 Å². The molecule has 1 saturated carbocycles. The number of aryl methyl sites for hydroxylation is 1. The Morgan fingerprint density at radius 1 is 1.60 bits per heavy atom. The molecule has 0 N–H and O–H groups in total. The van der Waals surface area contributed by atoms with E-state index in [9.17, 15) is 4.79 Å². The van der Waals surface area contributed by atoms with Crippen molar-refractivity contribution in [2.45, 2.75) is 25.7 Å². The van der Waals surface area contributed by atoms with Crippen molar-refractivity contribution in [3.8, 4) is 0 Å². The minimum Gasteiger partial charge on any atom is -0.469 e. The molecule has 3 nitrogen and oxygen atoms in total. The molecule has 0 radical (unpaired) electrons. The number of carbonyl (C=O) groups excluding carboxylic acids is 1. The van der Waals surface area contributed by atoms with Gasteiger partial charge in [-0.1, -0.05) is 6.07 Å². The first-order valence-corrected chi connectivity index (χ1v) is 5.20. The first kappa shape index (κ1) is 10.1. The van der Waals surface area contributed by atoms with Gasteiger partial charge in [0.25, 0.3) is 0 Å². The first-order valence-electron chi connectivity index (χ1n) is 5.20. The molecule has 1 fully saturated rings. The van der Waals surface area contributed by atoms with Gasteiger partial charge in [-0.25, -0.2) is 0 Å². The summed E-state index contributed by atoms with van der Waals surface area (Å²) in [5.41, 5.74) is 2.28. The van der Waals surface area contributed by atoms with Crippen molar-refractivity contribution in [2.75, 3.05) is 7.11 Å². The number of esters is 1. The predicted octanol–water partition coefficient (Wildman–Crippen LogP) is 2.06. The fraction of sp³-hybridized carbons (Fsp3) is 0.500. The van der Waals surface area contributed by atoms with Crippen LogP contribution in [0.1, 0.15) is 30.0 Å². The van der Waals surface area contributed by atoms with E-state index in [1.54, 1.807) is 0 Å². The fourth-order valence-electron chi connectivity index (χ4n) is 1.88. The van der Waals surface area contributed by atoms with E-state index in [1.807, 2.05) is 19.2 Å². The van der Waals surface area contributed by atoms with Crippen LogP contribution in [0.3, 0.4) is 0 Å². The number of aromatic nitrogens is 1. The van der Waals surface area contributed by atoms with Crippen LogP contribution in [0.2, 0.25) is 0 Å². The second-order valence-electron chi connectivity index (χ2n) is 4.12. The minimum atomic E-state index is -0.109. The third-order valence-corrected chi connectivity index (χ3v) is 2.94. The number of nitrogens with zero attached hydrogens (tertiary/aromatic N) is 1. The number of hydrogen-bond acceptors (Lipinski definition) is 3. The molecule has 1 aliphatic carbocycles. The zero-order valence-electron chi connectivity index (χ0n) is 9.06. The van der Waals surface area contributed by atoms with E-state index in [0.29, 0.717) is 18.3 Å². The van der Waals surface area contributed by atoms with Crippen LogP contribution in [-0.2, 0) is 9.53 Å². The van der Waals surface area contributed by atoms with Crippen molar-refractivity contribution in [2.24, 2.45) is 5.92 Å². The van der Waals surface area contributed by atoms with E-state index in [-0.39, 0.29) is 5.97 Å². The van der Waals surface area contributed by atoms with Gasteiger partial charge < -0.3 is 4.74 Å². The quantitative estimate of drug-likeness (QED) is 0.709. The third kappa shape index (κ3) is 2.35. The molecule has 0 unspecified atom stereocenters. The highest BCUT2D eigenvalue weighted by molar-refractivity contribution is 5.70. The van der Waals surface area contributed by atoms with Crippen LogP contribution in [0, 0.1) is 12.8 Å². The second kappa shape index (κ2) is 4.01. The number of rotatable bonds is 3. The van der Waals surface area contributed by atoms with Crippen LogP contribution >= 0.6 is 0 Å². The minimum absolute atomic E-state index is 0.109. The smallest absolute Gasteiger partial charge is 0.305 e. The molecular weight excluding hydrogens is 190 g/mol. The lowest BCUT2D eigenvalue weighted by molar-refractivity contribution is -0.141. The molecule has 1 aliphatic rings. The van der Waals surface area contributed by atoms with Crippen LogP contribution in [0.5, 0.6) is 0 Å². The van der Waals surface area contributed by atoms with E-state index in [4.69, 9.17) is 0 Å². The van der Waals surface area contributed by atoms with Gasteiger partial charge in [-0.3, -0.25) is 9.78 Å². The molecule has 0 bridgehead atoms. The van der Waals surface area contributed by atoms with E-state index in [0.717, 1.165) is 12.1 Å². The number of ether oxygens (including phenoxy) is 1. The summed E-state index contributed by atoms with van der Waals surface area (Å²) in [6, 6.07) is 4.12. The maximum atomic E-state index is 11.1. The van der Waals surface area contributed by atoms with Gasteiger partial charge in [0.05, 0.1) is 7.11 Å². The predicted molar refractivity (Wildman–Crippen MR) is 56.5 cm³/mol. The molecule has 1 heterocycles. The zero-order valence-corrected chi connectivity index (χ0v) is 9.06.